The van der Waals surface area contributed by atoms with Gasteiger partial charge in [0, 0.05) is 23.0 Å². The topological polar surface area (TPSA) is 25.2 Å². The van der Waals surface area contributed by atoms with Crippen LogP contribution in [-0.4, -0.2) is 12.6 Å². The molecule has 3 heteroatoms. The second-order valence-electron chi connectivity index (χ2n) is 4.89. The molecule has 102 valence electrons. The van der Waals surface area contributed by atoms with Gasteiger partial charge in [0.05, 0.1) is 0 Å². The van der Waals surface area contributed by atoms with Crippen LogP contribution >= 0.6 is 11.6 Å². The molecule has 1 unspecified atom stereocenters. The highest BCUT2D eigenvalue weighted by Gasteiger charge is 2.10. The summed E-state index contributed by atoms with van der Waals surface area (Å²) in [6.45, 7) is 7.31. The minimum Gasteiger partial charge on any atom is -0.461 e. The van der Waals surface area contributed by atoms with Gasteiger partial charge in [0.15, 0.2) is 0 Å². The minimum atomic E-state index is 0.421. The van der Waals surface area contributed by atoms with Crippen molar-refractivity contribution in [2.75, 3.05) is 6.54 Å². The van der Waals surface area contributed by atoms with Crippen LogP contribution in [0.1, 0.15) is 25.2 Å². The molecular formula is C16H20ClNO. The van der Waals surface area contributed by atoms with Crippen molar-refractivity contribution in [1.29, 1.82) is 0 Å². The summed E-state index contributed by atoms with van der Waals surface area (Å²) in [5.74, 6) is 1.89. The first-order valence-electron chi connectivity index (χ1n) is 6.68. The molecule has 1 aromatic heterocycles. The van der Waals surface area contributed by atoms with Crippen molar-refractivity contribution in [3.8, 4) is 11.3 Å². The van der Waals surface area contributed by atoms with Crippen LogP contribution in [0.25, 0.3) is 11.3 Å². The molecule has 1 atom stereocenters. The van der Waals surface area contributed by atoms with Crippen LogP contribution in [-0.2, 0) is 6.42 Å². The first kappa shape index (κ1) is 14.2. The Morgan fingerprint density at radius 1 is 1.26 bits per heavy atom. The van der Waals surface area contributed by atoms with E-state index in [1.807, 2.05) is 30.3 Å². The van der Waals surface area contributed by atoms with E-state index in [1.54, 1.807) is 0 Å². The Morgan fingerprint density at radius 3 is 2.79 bits per heavy atom. The molecule has 0 aliphatic rings. The van der Waals surface area contributed by atoms with E-state index >= 15 is 0 Å². The molecule has 0 aliphatic carbocycles. The highest BCUT2D eigenvalue weighted by atomic mass is 35.5. The maximum absolute atomic E-state index is 6.05. The maximum Gasteiger partial charge on any atom is 0.134 e. The fourth-order valence-corrected chi connectivity index (χ4v) is 2.39. The van der Waals surface area contributed by atoms with Gasteiger partial charge in [-0.2, -0.15) is 0 Å². The van der Waals surface area contributed by atoms with Gasteiger partial charge in [-0.25, -0.2) is 0 Å². The monoisotopic (exact) mass is 277 g/mol. The molecule has 1 aromatic carbocycles. The van der Waals surface area contributed by atoms with Gasteiger partial charge in [0.25, 0.3) is 0 Å². The van der Waals surface area contributed by atoms with Gasteiger partial charge in [-0.3, -0.25) is 0 Å². The Bertz CT molecular complexity index is 547. The van der Waals surface area contributed by atoms with E-state index in [4.69, 9.17) is 16.0 Å². The van der Waals surface area contributed by atoms with Crippen molar-refractivity contribution in [3.63, 3.8) is 0 Å². The summed E-state index contributed by atoms with van der Waals surface area (Å²) in [7, 11) is 0. The summed E-state index contributed by atoms with van der Waals surface area (Å²) in [5.41, 5.74) is 2.24. The number of hydrogen-bond donors (Lipinski definition) is 1. The highest BCUT2D eigenvalue weighted by molar-refractivity contribution is 6.30. The zero-order chi connectivity index (χ0) is 13.8. The van der Waals surface area contributed by atoms with Crippen LogP contribution in [0.2, 0.25) is 5.02 Å². The Labute approximate surface area is 119 Å². The molecular weight excluding hydrogens is 258 g/mol. The molecule has 0 aliphatic heterocycles. The number of rotatable bonds is 5. The summed E-state index contributed by atoms with van der Waals surface area (Å²) in [5, 5.41) is 4.12. The van der Waals surface area contributed by atoms with Crippen molar-refractivity contribution >= 4 is 11.6 Å². The number of aryl methyl sites for hydroxylation is 1. The molecule has 2 aromatic rings. The van der Waals surface area contributed by atoms with Gasteiger partial charge in [-0.05, 0) is 50.2 Å². The first-order chi connectivity index (χ1) is 9.10. The highest BCUT2D eigenvalue weighted by Crippen LogP contribution is 2.28. The molecule has 0 amide bonds. The van der Waals surface area contributed by atoms with Crippen molar-refractivity contribution in [1.82, 2.24) is 5.32 Å². The Balaban J connectivity index is 2.18. The average Bonchev–Trinajstić information content (AvgIpc) is 2.81. The molecule has 0 fully saturated rings. The lowest BCUT2D eigenvalue weighted by Crippen LogP contribution is -2.27. The third kappa shape index (κ3) is 3.62. The van der Waals surface area contributed by atoms with E-state index in [2.05, 4.69) is 26.1 Å². The van der Waals surface area contributed by atoms with Gasteiger partial charge in [-0.15, -0.1) is 0 Å². The minimum absolute atomic E-state index is 0.421. The van der Waals surface area contributed by atoms with E-state index in [9.17, 15) is 0 Å². The first-order valence-corrected chi connectivity index (χ1v) is 7.06. The number of likely N-dealkylation sites (N-methyl/N-ethyl adjacent to an activating group) is 1. The van der Waals surface area contributed by atoms with Crippen molar-refractivity contribution in [2.45, 2.75) is 33.2 Å². The fourth-order valence-electron chi connectivity index (χ4n) is 2.21. The molecule has 0 spiro atoms. The molecule has 19 heavy (non-hydrogen) atoms. The second-order valence-corrected chi connectivity index (χ2v) is 5.32. The van der Waals surface area contributed by atoms with E-state index < -0.39 is 0 Å². The predicted molar refractivity (Wildman–Crippen MR) is 80.7 cm³/mol. The van der Waals surface area contributed by atoms with Crippen LogP contribution < -0.4 is 5.32 Å². The van der Waals surface area contributed by atoms with Gasteiger partial charge >= 0.3 is 0 Å². The van der Waals surface area contributed by atoms with Crippen LogP contribution in [0.3, 0.4) is 0 Å². The number of halogens is 1. The Kier molecular flexibility index (Phi) is 4.67. The third-order valence-electron chi connectivity index (χ3n) is 3.19. The summed E-state index contributed by atoms with van der Waals surface area (Å²) < 4.78 is 5.92. The molecule has 2 nitrogen and oxygen atoms in total. The number of hydrogen-bond acceptors (Lipinski definition) is 2. The number of furan rings is 1. The zero-order valence-corrected chi connectivity index (χ0v) is 12.4. The predicted octanol–water partition coefficient (Wildman–Crippen LogP) is 4.45. The van der Waals surface area contributed by atoms with Crippen LogP contribution in [0.5, 0.6) is 0 Å². The second kappa shape index (κ2) is 6.27. The summed E-state index contributed by atoms with van der Waals surface area (Å²) >= 11 is 6.05. The van der Waals surface area contributed by atoms with Crippen molar-refractivity contribution < 1.29 is 4.42 Å². The van der Waals surface area contributed by atoms with E-state index in [1.165, 1.54) is 5.56 Å². The lowest BCUT2D eigenvalue weighted by atomic mass is 10.1. The molecule has 0 radical (unpaired) electrons. The molecule has 1 N–H and O–H groups in total. The third-order valence-corrected chi connectivity index (χ3v) is 3.42. The van der Waals surface area contributed by atoms with Crippen LogP contribution in [0.4, 0.5) is 0 Å². The molecule has 0 saturated carbocycles. The van der Waals surface area contributed by atoms with Gasteiger partial charge in [0.2, 0.25) is 0 Å². The van der Waals surface area contributed by atoms with Crippen LogP contribution in [0.15, 0.2) is 34.7 Å². The molecule has 1 heterocycles. The molecule has 0 saturated heterocycles. The zero-order valence-electron chi connectivity index (χ0n) is 11.7. The van der Waals surface area contributed by atoms with E-state index in [-0.39, 0.29) is 0 Å². The van der Waals surface area contributed by atoms with Gasteiger partial charge < -0.3 is 9.73 Å². The van der Waals surface area contributed by atoms with Crippen LogP contribution in [0, 0.1) is 6.92 Å². The Hall–Kier alpha value is -1.25. The lowest BCUT2D eigenvalue weighted by Gasteiger charge is -2.09. The quantitative estimate of drug-likeness (QED) is 0.873. The summed E-state index contributed by atoms with van der Waals surface area (Å²) in [6, 6.07) is 10.4. The number of benzene rings is 1. The largest absolute Gasteiger partial charge is 0.461 e. The number of nitrogens with one attached hydrogen (secondary N) is 1. The van der Waals surface area contributed by atoms with Gasteiger partial charge in [0.1, 0.15) is 11.5 Å². The average molecular weight is 278 g/mol. The standard InChI is InChI=1S/C16H20ClNO/c1-4-18-12(3)9-14-7-8-16(19-14)15-10-13(17)6-5-11(15)2/h5-8,10,12,18H,4,9H2,1-3H3. The summed E-state index contributed by atoms with van der Waals surface area (Å²) in [4.78, 5) is 0. The SMILES string of the molecule is CCNC(C)Cc1ccc(-c2cc(Cl)ccc2C)o1. The smallest absolute Gasteiger partial charge is 0.134 e. The normalized spacial score (nSPS) is 12.6. The maximum atomic E-state index is 6.05. The molecule has 2 rings (SSSR count). The summed E-state index contributed by atoms with van der Waals surface area (Å²) in [6.07, 6.45) is 0.896. The van der Waals surface area contributed by atoms with Crippen molar-refractivity contribution in [2.24, 2.45) is 0 Å². The van der Waals surface area contributed by atoms with Crippen molar-refractivity contribution in [3.05, 3.63) is 46.7 Å². The fraction of sp³-hybridized carbons (Fsp3) is 0.375. The Morgan fingerprint density at radius 2 is 2.05 bits per heavy atom. The van der Waals surface area contributed by atoms with Gasteiger partial charge in [-0.1, -0.05) is 24.6 Å². The lowest BCUT2D eigenvalue weighted by molar-refractivity contribution is 0.470. The van der Waals surface area contributed by atoms with E-state index in [0.717, 1.165) is 35.1 Å². The molecule has 0 bridgehead atoms. The van der Waals surface area contributed by atoms with E-state index in [0.29, 0.717) is 6.04 Å².